The molecule has 0 heterocycles. The van der Waals surface area contributed by atoms with Gasteiger partial charge >= 0.3 is 0 Å². The Bertz CT molecular complexity index is 508. The Morgan fingerprint density at radius 3 is 1.79 bits per heavy atom. The third-order valence-electron chi connectivity index (χ3n) is 3.07. The monoisotopic (exact) mass is 268 g/mol. The first kappa shape index (κ1) is 13.7. The summed E-state index contributed by atoms with van der Waals surface area (Å²) in [7, 11) is -0.678. The van der Waals surface area contributed by atoms with Crippen LogP contribution in [0.5, 0.6) is 0 Å². The van der Waals surface area contributed by atoms with Crippen LogP contribution in [0.25, 0.3) is 0 Å². The Balaban J connectivity index is 2.45. The van der Waals surface area contributed by atoms with E-state index in [1.54, 1.807) is 0 Å². The van der Waals surface area contributed by atoms with Crippen molar-refractivity contribution >= 4 is 24.3 Å². The van der Waals surface area contributed by atoms with Crippen LogP contribution in [0.3, 0.4) is 0 Å². The number of hydrogen-bond donors (Lipinski definition) is 0. The van der Waals surface area contributed by atoms with Gasteiger partial charge in [-0.3, -0.25) is 4.79 Å². The summed E-state index contributed by atoms with van der Waals surface area (Å²) in [6.07, 6.45) is 1.44. The molecule has 0 aliphatic rings. The maximum Gasteiger partial charge on any atom is 0.162 e. The highest BCUT2D eigenvalue weighted by molar-refractivity contribution is 7.74. The SMILES string of the molecule is C=CC(=O)C(C)P(c1ccccc1)c1ccccc1. The Labute approximate surface area is 115 Å². The molecule has 0 N–H and O–H groups in total. The van der Waals surface area contributed by atoms with Gasteiger partial charge in [-0.2, -0.15) is 0 Å². The minimum atomic E-state index is -0.678. The van der Waals surface area contributed by atoms with Crippen LogP contribution in [0.4, 0.5) is 0 Å². The molecule has 1 atom stereocenters. The number of rotatable bonds is 5. The highest BCUT2D eigenvalue weighted by Crippen LogP contribution is 2.39. The van der Waals surface area contributed by atoms with Gasteiger partial charge in [-0.15, -0.1) is 0 Å². The molecule has 0 fully saturated rings. The van der Waals surface area contributed by atoms with Gasteiger partial charge in [-0.05, 0) is 24.6 Å². The van der Waals surface area contributed by atoms with Gasteiger partial charge in [0.25, 0.3) is 0 Å². The van der Waals surface area contributed by atoms with Crippen molar-refractivity contribution in [3.05, 3.63) is 73.3 Å². The highest BCUT2D eigenvalue weighted by Gasteiger charge is 2.24. The lowest BCUT2D eigenvalue weighted by molar-refractivity contribution is -0.113. The van der Waals surface area contributed by atoms with Crippen LogP contribution in [0.2, 0.25) is 0 Å². The molecule has 19 heavy (non-hydrogen) atoms. The molecule has 0 bridgehead atoms. The number of carbonyl (C=O) groups excluding carboxylic acids is 1. The summed E-state index contributed by atoms with van der Waals surface area (Å²) in [4.78, 5) is 12.0. The second-order valence-electron chi connectivity index (χ2n) is 4.32. The van der Waals surface area contributed by atoms with E-state index in [1.165, 1.54) is 16.7 Å². The Kier molecular flexibility index (Phi) is 4.65. The van der Waals surface area contributed by atoms with E-state index in [9.17, 15) is 4.79 Å². The molecule has 0 aliphatic carbocycles. The van der Waals surface area contributed by atoms with Gasteiger partial charge < -0.3 is 0 Å². The van der Waals surface area contributed by atoms with Gasteiger partial charge in [0, 0.05) is 5.66 Å². The van der Waals surface area contributed by atoms with Crippen LogP contribution in [-0.4, -0.2) is 11.4 Å². The number of allylic oxidation sites excluding steroid dienone is 1. The van der Waals surface area contributed by atoms with Crippen LogP contribution in [0, 0.1) is 0 Å². The third-order valence-corrected chi connectivity index (χ3v) is 5.81. The molecule has 0 aliphatic heterocycles. The van der Waals surface area contributed by atoms with Crippen molar-refractivity contribution in [3.8, 4) is 0 Å². The highest BCUT2D eigenvalue weighted by atomic mass is 31.1. The van der Waals surface area contributed by atoms with Crippen molar-refractivity contribution in [2.45, 2.75) is 12.6 Å². The van der Waals surface area contributed by atoms with Crippen LogP contribution < -0.4 is 10.6 Å². The van der Waals surface area contributed by atoms with E-state index < -0.39 is 7.92 Å². The van der Waals surface area contributed by atoms with E-state index in [2.05, 4.69) is 30.8 Å². The summed E-state index contributed by atoms with van der Waals surface area (Å²) < 4.78 is 0. The molecule has 0 saturated carbocycles. The molecule has 96 valence electrons. The van der Waals surface area contributed by atoms with Gasteiger partial charge in [0.15, 0.2) is 5.78 Å². The van der Waals surface area contributed by atoms with Gasteiger partial charge in [0.05, 0.1) is 0 Å². The molecule has 0 radical (unpaired) electrons. The fourth-order valence-corrected chi connectivity index (χ4v) is 4.61. The molecule has 2 rings (SSSR count). The predicted octanol–water partition coefficient (Wildman–Crippen LogP) is 3.26. The zero-order chi connectivity index (χ0) is 13.7. The molecule has 0 spiro atoms. The summed E-state index contributed by atoms with van der Waals surface area (Å²) in [5, 5.41) is 2.46. The Hall–Kier alpha value is -1.72. The standard InChI is InChI=1S/C17H17OP/c1-3-17(18)14(2)19(15-10-6-4-7-11-15)16-12-8-5-9-13-16/h3-14H,1H2,2H3. The largest absolute Gasteiger partial charge is 0.294 e. The molecule has 0 amide bonds. The fourth-order valence-electron chi connectivity index (χ4n) is 2.07. The summed E-state index contributed by atoms with van der Waals surface area (Å²) in [6.45, 7) is 5.61. The first-order chi connectivity index (χ1) is 9.24. The molecule has 2 aromatic rings. The molecule has 0 aromatic heterocycles. The second kappa shape index (κ2) is 6.45. The smallest absolute Gasteiger partial charge is 0.162 e. The average molecular weight is 268 g/mol. The molecular formula is C17H17OP. The van der Waals surface area contributed by atoms with E-state index >= 15 is 0 Å². The molecule has 2 aromatic carbocycles. The molecular weight excluding hydrogens is 251 g/mol. The van der Waals surface area contributed by atoms with Gasteiger partial charge in [0.2, 0.25) is 0 Å². The molecule has 1 unspecified atom stereocenters. The van der Waals surface area contributed by atoms with Crippen molar-refractivity contribution in [1.82, 2.24) is 0 Å². The number of hydrogen-bond acceptors (Lipinski definition) is 1. The predicted molar refractivity (Wildman–Crippen MR) is 83.7 cm³/mol. The summed E-state index contributed by atoms with van der Waals surface area (Å²) in [6, 6.07) is 20.5. The molecule has 1 nitrogen and oxygen atoms in total. The zero-order valence-corrected chi connectivity index (χ0v) is 11.9. The van der Waals surface area contributed by atoms with Crippen molar-refractivity contribution in [2.75, 3.05) is 0 Å². The fraction of sp³-hybridized carbons (Fsp3) is 0.118. The minimum Gasteiger partial charge on any atom is -0.294 e. The second-order valence-corrected chi connectivity index (χ2v) is 6.87. The van der Waals surface area contributed by atoms with Crippen molar-refractivity contribution in [1.29, 1.82) is 0 Å². The number of carbonyl (C=O) groups is 1. The average Bonchev–Trinajstić information content (AvgIpc) is 2.49. The van der Waals surface area contributed by atoms with E-state index in [1.807, 2.05) is 43.3 Å². The number of benzene rings is 2. The lowest BCUT2D eigenvalue weighted by atomic mass is 10.3. The first-order valence-corrected chi connectivity index (χ1v) is 7.70. The topological polar surface area (TPSA) is 17.1 Å². The van der Waals surface area contributed by atoms with E-state index in [-0.39, 0.29) is 11.4 Å². The van der Waals surface area contributed by atoms with Gasteiger partial charge in [0.1, 0.15) is 0 Å². The van der Waals surface area contributed by atoms with E-state index in [0.717, 1.165) is 0 Å². The van der Waals surface area contributed by atoms with Crippen LogP contribution >= 0.6 is 7.92 Å². The molecule has 2 heteroatoms. The van der Waals surface area contributed by atoms with Crippen molar-refractivity contribution in [2.24, 2.45) is 0 Å². The quantitative estimate of drug-likeness (QED) is 0.601. The number of ketones is 1. The van der Waals surface area contributed by atoms with Crippen LogP contribution in [-0.2, 0) is 4.79 Å². The first-order valence-electron chi connectivity index (χ1n) is 6.29. The Morgan fingerprint density at radius 2 is 1.42 bits per heavy atom. The van der Waals surface area contributed by atoms with Crippen LogP contribution in [0.1, 0.15) is 6.92 Å². The van der Waals surface area contributed by atoms with Crippen LogP contribution in [0.15, 0.2) is 73.3 Å². The Morgan fingerprint density at radius 1 is 1.00 bits per heavy atom. The maximum absolute atomic E-state index is 12.0. The summed E-state index contributed by atoms with van der Waals surface area (Å²) in [5.74, 6) is 0.110. The summed E-state index contributed by atoms with van der Waals surface area (Å²) in [5.41, 5.74) is -0.0442. The maximum atomic E-state index is 12.0. The zero-order valence-electron chi connectivity index (χ0n) is 11.0. The third kappa shape index (κ3) is 3.19. The minimum absolute atomic E-state index is 0.0442. The normalized spacial score (nSPS) is 12.1. The van der Waals surface area contributed by atoms with Gasteiger partial charge in [-0.1, -0.05) is 74.2 Å². The summed E-state index contributed by atoms with van der Waals surface area (Å²) >= 11 is 0. The van der Waals surface area contributed by atoms with Crippen molar-refractivity contribution < 1.29 is 4.79 Å². The van der Waals surface area contributed by atoms with Gasteiger partial charge in [-0.25, -0.2) is 0 Å². The molecule has 0 saturated heterocycles. The lowest BCUT2D eigenvalue weighted by Crippen LogP contribution is -2.24. The van der Waals surface area contributed by atoms with E-state index in [4.69, 9.17) is 0 Å². The van der Waals surface area contributed by atoms with E-state index in [0.29, 0.717) is 0 Å². The van der Waals surface area contributed by atoms with Crippen molar-refractivity contribution in [3.63, 3.8) is 0 Å². The lowest BCUT2D eigenvalue weighted by Gasteiger charge is -2.23.